The molecule has 0 aromatic heterocycles. The van der Waals surface area contributed by atoms with Gasteiger partial charge in [-0.2, -0.15) is 13.2 Å². The minimum atomic E-state index is -4.56. The Morgan fingerprint density at radius 1 is 1.00 bits per heavy atom. The van der Waals surface area contributed by atoms with Crippen molar-refractivity contribution in [3.05, 3.63) is 89.2 Å². The Morgan fingerprint density at radius 3 is 2.41 bits per heavy atom. The highest BCUT2D eigenvalue weighted by Crippen LogP contribution is 2.36. The summed E-state index contributed by atoms with van der Waals surface area (Å²) >= 11 is 0. The Balaban J connectivity index is 1.58. The van der Waals surface area contributed by atoms with E-state index < -0.39 is 17.6 Å². The van der Waals surface area contributed by atoms with E-state index in [0.717, 1.165) is 12.1 Å². The zero-order valence-electron chi connectivity index (χ0n) is 18.1. The van der Waals surface area contributed by atoms with Gasteiger partial charge in [-0.15, -0.1) is 0 Å². The molecule has 0 spiro atoms. The van der Waals surface area contributed by atoms with Gasteiger partial charge in [0.05, 0.1) is 35.7 Å². The van der Waals surface area contributed by atoms with Crippen LogP contribution in [0.5, 0.6) is 5.75 Å². The Labute approximate surface area is 193 Å². The quantitative estimate of drug-likeness (QED) is 0.479. The van der Waals surface area contributed by atoms with Gasteiger partial charge in [0, 0.05) is 13.1 Å². The normalized spacial score (nSPS) is 14.1. The molecule has 178 valence electrons. The molecular formula is C25H22F4N2O3. The maximum Gasteiger partial charge on any atom is 0.416 e. The molecule has 1 heterocycles. The Morgan fingerprint density at radius 2 is 1.71 bits per heavy atom. The lowest BCUT2D eigenvalue weighted by Gasteiger charge is -2.31. The Hall–Kier alpha value is -3.59. The van der Waals surface area contributed by atoms with Gasteiger partial charge in [-0.3, -0.25) is 4.79 Å². The molecule has 1 saturated heterocycles. The monoisotopic (exact) mass is 474 g/mol. The number of hydrogen-bond acceptors (Lipinski definition) is 4. The summed E-state index contributed by atoms with van der Waals surface area (Å²) in [7, 11) is 0. The van der Waals surface area contributed by atoms with E-state index in [1.165, 1.54) is 24.3 Å². The molecule has 1 N–H and O–H groups in total. The number of morpholine rings is 1. The Bertz CT molecular complexity index is 1140. The number of anilines is 2. The van der Waals surface area contributed by atoms with E-state index in [2.05, 4.69) is 5.32 Å². The number of rotatable bonds is 6. The predicted molar refractivity (Wildman–Crippen MR) is 120 cm³/mol. The number of carbonyl (C=O) groups excluding carboxylic acids is 1. The fourth-order valence-electron chi connectivity index (χ4n) is 3.60. The molecule has 5 nitrogen and oxygen atoms in total. The fourth-order valence-corrected chi connectivity index (χ4v) is 3.60. The van der Waals surface area contributed by atoms with Crippen LogP contribution in [-0.4, -0.2) is 32.2 Å². The largest absolute Gasteiger partial charge is 0.488 e. The molecule has 1 aliphatic rings. The molecule has 9 heteroatoms. The molecule has 34 heavy (non-hydrogen) atoms. The van der Waals surface area contributed by atoms with E-state index in [0.29, 0.717) is 37.6 Å². The van der Waals surface area contributed by atoms with Gasteiger partial charge in [0.2, 0.25) is 0 Å². The zero-order valence-corrected chi connectivity index (χ0v) is 18.1. The number of halogens is 4. The van der Waals surface area contributed by atoms with Crippen LogP contribution in [0.25, 0.3) is 0 Å². The highest BCUT2D eigenvalue weighted by molar-refractivity contribution is 6.07. The third-order valence-corrected chi connectivity index (χ3v) is 5.36. The van der Waals surface area contributed by atoms with Crippen molar-refractivity contribution in [2.75, 3.05) is 36.5 Å². The lowest BCUT2D eigenvalue weighted by atomic mass is 10.1. The maximum atomic E-state index is 13.4. The predicted octanol–water partition coefficient (Wildman–Crippen LogP) is 5.51. The number of ether oxygens (including phenoxy) is 2. The molecule has 1 aliphatic heterocycles. The minimum Gasteiger partial charge on any atom is -0.488 e. The van der Waals surface area contributed by atoms with Gasteiger partial charge in [-0.1, -0.05) is 24.3 Å². The van der Waals surface area contributed by atoms with Crippen LogP contribution in [0.2, 0.25) is 0 Å². The van der Waals surface area contributed by atoms with Crippen molar-refractivity contribution in [1.82, 2.24) is 0 Å². The second-order valence-corrected chi connectivity index (χ2v) is 7.69. The van der Waals surface area contributed by atoms with Gasteiger partial charge in [-0.25, -0.2) is 4.39 Å². The number of benzene rings is 3. The summed E-state index contributed by atoms with van der Waals surface area (Å²) in [5.41, 5.74) is 0.532. The smallest absolute Gasteiger partial charge is 0.416 e. The highest BCUT2D eigenvalue weighted by atomic mass is 19.4. The standard InChI is InChI=1S/C25H22F4N2O3/c26-19-8-5-17(6-9-19)16-34-23-4-2-1-3-20(23)24(32)30-21-15-18(25(27,28)29)7-10-22(21)31-11-13-33-14-12-31/h1-10,15H,11-14,16H2,(H,30,32). The lowest BCUT2D eigenvalue weighted by Crippen LogP contribution is -2.36. The van der Waals surface area contributed by atoms with Crippen molar-refractivity contribution in [1.29, 1.82) is 0 Å². The van der Waals surface area contributed by atoms with E-state index in [1.54, 1.807) is 30.3 Å². The van der Waals surface area contributed by atoms with Crippen LogP contribution in [0.3, 0.4) is 0 Å². The fraction of sp³-hybridized carbons (Fsp3) is 0.240. The third kappa shape index (κ3) is 5.66. The molecule has 0 saturated carbocycles. The average molecular weight is 474 g/mol. The molecule has 1 amide bonds. The SMILES string of the molecule is O=C(Nc1cc(C(F)(F)F)ccc1N1CCOCC1)c1ccccc1OCc1ccc(F)cc1. The summed E-state index contributed by atoms with van der Waals surface area (Å²) in [5, 5.41) is 2.63. The third-order valence-electron chi connectivity index (χ3n) is 5.36. The van der Waals surface area contributed by atoms with Crippen LogP contribution in [0.4, 0.5) is 28.9 Å². The van der Waals surface area contributed by atoms with Crippen LogP contribution in [0.1, 0.15) is 21.5 Å². The molecule has 0 atom stereocenters. The van der Waals surface area contributed by atoms with E-state index in [1.807, 2.05) is 4.90 Å². The Kier molecular flexibility index (Phi) is 7.02. The number of para-hydroxylation sites is 1. The van der Waals surface area contributed by atoms with Crippen molar-refractivity contribution in [3.63, 3.8) is 0 Å². The minimum absolute atomic E-state index is 0.0510. The van der Waals surface area contributed by atoms with Crippen molar-refractivity contribution in [3.8, 4) is 5.75 Å². The van der Waals surface area contributed by atoms with Gasteiger partial charge in [0.25, 0.3) is 5.91 Å². The zero-order chi connectivity index (χ0) is 24.1. The van der Waals surface area contributed by atoms with Crippen LogP contribution in [-0.2, 0) is 17.5 Å². The van der Waals surface area contributed by atoms with Crippen LogP contribution >= 0.6 is 0 Å². The van der Waals surface area contributed by atoms with E-state index in [4.69, 9.17) is 9.47 Å². The first-order valence-electron chi connectivity index (χ1n) is 10.6. The van der Waals surface area contributed by atoms with Crippen LogP contribution in [0.15, 0.2) is 66.7 Å². The molecule has 3 aromatic carbocycles. The van der Waals surface area contributed by atoms with Gasteiger partial charge >= 0.3 is 6.18 Å². The van der Waals surface area contributed by atoms with Crippen molar-refractivity contribution >= 4 is 17.3 Å². The van der Waals surface area contributed by atoms with Gasteiger partial charge in [-0.05, 0) is 48.0 Å². The van der Waals surface area contributed by atoms with Gasteiger partial charge in [0.15, 0.2) is 0 Å². The molecule has 0 unspecified atom stereocenters. The van der Waals surface area contributed by atoms with Crippen LogP contribution in [0, 0.1) is 5.82 Å². The molecule has 0 radical (unpaired) electrons. The number of hydrogen-bond donors (Lipinski definition) is 1. The summed E-state index contributed by atoms with van der Waals surface area (Å²) < 4.78 is 64.3. The highest BCUT2D eigenvalue weighted by Gasteiger charge is 2.32. The first-order valence-corrected chi connectivity index (χ1v) is 10.6. The molecular weight excluding hydrogens is 452 g/mol. The molecule has 0 aliphatic carbocycles. The topological polar surface area (TPSA) is 50.8 Å². The molecule has 0 bridgehead atoms. The summed E-state index contributed by atoms with van der Waals surface area (Å²) in [6, 6.07) is 15.5. The van der Waals surface area contributed by atoms with E-state index in [-0.39, 0.29) is 29.4 Å². The summed E-state index contributed by atoms with van der Waals surface area (Å²) in [6.45, 7) is 1.95. The molecule has 4 rings (SSSR count). The summed E-state index contributed by atoms with van der Waals surface area (Å²) in [4.78, 5) is 15.0. The first kappa shape index (κ1) is 23.6. The number of alkyl halides is 3. The number of carbonyl (C=O) groups is 1. The summed E-state index contributed by atoms with van der Waals surface area (Å²) in [5.74, 6) is -0.728. The van der Waals surface area contributed by atoms with Gasteiger partial charge in [0.1, 0.15) is 18.2 Å². The summed E-state index contributed by atoms with van der Waals surface area (Å²) in [6.07, 6.45) is -4.56. The van der Waals surface area contributed by atoms with Gasteiger partial charge < -0.3 is 19.7 Å². The second-order valence-electron chi connectivity index (χ2n) is 7.69. The average Bonchev–Trinajstić information content (AvgIpc) is 2.84. The van der Waals surface area contributed by atoms with Crippen LogP contribution < -0.4 is 15.0 Å². The first-order chi connectivity index (χ1) is 16.3. The van der Waals surface area contributed by atoms with Crippen molar-refractivity contribution in [2.45, 2.75) is 12.8 Å². The number of nitrogens with zero attached hydrogens (tertiary/aromatic N) is 1. The molecule has 1 fully saturated rings. The number of amides is 1. The number of nitrogens with one attached hydrogen (secondary N) is 1. The van der Waals surface area contributed by atoms with Crippen molar-refractivity contribution < 1.29 is 31.8 Å². The van der Waals surface area contributed by atoms with E-state index >= 15 is 0 Å². The lowest BCUT2D eigenvalue weighted by molar-refractivity contribution is -0.137. The van der Waals surface area contributed by atoms with Crippen molar-refractivity contribution in [2.24, 2.45) is 0 Å². The second kappa shape index (κ2) is 10.1. The molecule has 3 aromatic rings. The maximum absolute atomic E-state index is 13.4. The van der Waals surface area contributed by atoms with E-state index in [9.17, 15) is 22.4 Å².